The van der Waals surface area contributed by atoms with Crippen LogP contribution in [-0.4, -0.2) is 31.1 Å². The van der Waals surface area contributed by atoms with Gasteiger partial charge in [-0.2, -0.15) is 0 Å². The van der Waals surface area contributed by atoms with Crippen molar-refractivity contribution in [3.8, 4) is 5.75 Å². The molecular weight excluding hydrogens is 422 g/mol. The van der Waals surface area contributed by atoms with E-state index in [0.717, 1.165) is 54.6 Å². The molecule has 5 heteroatoms. The molecule has 0 radical (unpaired) electrons. The second-order valence-corrected chi connectivity index (χ2v) is 8.51. The normalized spacial score (nSPS) is 11.0. The third-order valence-corrected chi connectivity index (χ3v) is 6.14. The van der Waals surface area contributed by atoms with Crippen LogP contribution in [0.2, 0.25) is 0 Å². The van der Waals surface area contributed by atoms with Crippen LogP contribution in [0.5, 0.6) is 5.75 Å². The fraction of sp³-hybridized carbons (Fsp3) is 0.276. The lowest BCUT2D eigenvalue weighted by Gasteiger charge is -2.11. The summed E-state index contributed by atoms with van der Waals surface area (Å²) in [7, 11) is 1.68. The third-order valence-electron chi connectivity index (χ3n) is 6.14. The second-order valence-electron chi connectivity index (χ2n) is 8.51. The lowest BCUT2D eigenvalue weighted by atomic mass is 10.1. The van der Waals surface area contributed by atoms with Gasteiger partial charge in [-0.25, -0.2) is 0 Å². The van der Waals surface area contributed by atoms with Gasteiger partial charge in [-0.1, -0.05) is 48.5 Å². The van der Waals surface area contributed by atoms with Crippen molar-refractivity contribution in [2.24, 2.45) is 0 Å². The first-order valence-corrected chi connectivity index (χ1v) is 12.0. The van der Waals surface area contributed by atoms with Crippen molar-refractivity contribution in [1.29, 1.82) is 0 Å². The minimum Gasteiger partial charge on any atom is -0.497 e. The lowest BCUT2D eigenvalue weighted by Crippen LogP contribution is -2.27. The lowest BCUT2D eigenvalue weighted by molar-refractivity contribution is 0.0952. The summed E-state index contributed by atoms with van der Waals surface area (Å²) in [5, 5.41) is 7.80. The summed E-state index contributed by atoms with van der Waals surface area (Å²) < 4.78 is 5.30. The topological polar surface area (TPSA) is 66.2 Å². The Morgan fingerprint density at radius 2 is 1.71 bits per heavy atom. The Bertz CT molecular complexity index is 1200. The largest absolute Gasteiger partial charge is 0.497 e. The van der Waals surface area contributed by atoms with E-state index in [-0.39, 0.29) is 5.91 Å². The molecule has 0 bridgehead atoms. The SMILES string of the molecule is COc1ccc2c(CCNCc3ccccc3C(=O)NCCCCc3ccccc3)c[nH]c2c1. The molecule has 0 atom stereocenters. The van der Waals surface area contributed by atoms with E-state index in [1.807, 2.05) is 42.5 Å². The maximum absolute atomic E-state index is 12.8. The Kier molecular flexibility index (Phi) is 8.36. The van der Waals surface area contributed by atoms with Gasteiger partial charge in [0, 0.05) is 41.8 Å². The van der Waals surface area contributed by atoms with Crippen molar-refractivity contribution in [3.05, 3.63) is 101 Å². The van der Waals surface area contributed by atoms with Crippen LogP contribution in [0.4, 0.5) is 0 Å². The standard InChI is InChI=1S/C29H33N3O2/c1-34-25-14-15-26-24(21-32-28(26)19-25)16-18-30-20-23-12-5-6-13-27(23)29(33)31-17-8-7-11-22-9-3-2-4-10-22/h2-6,9-10,12-15,19,21,30,32H,7-8,11,16-18,20H2,1H3,(H,31,33). The van der Waals surface area contributed by atoms with Crippen LogP contribution in [0, 0.1) is 0 Å². The Morgan fingerprint density at radius 3 is 2.56 bits per heavy atom. The summed E-state index contributed by atoms with van der Waals surface area (Å²) in [5.41, 5.74) is 5.47. The maximum Gasteiger partial charge on any atom is 0.251 e. The van der Waals surface area contributed by atoms with Crippen molar-refractivity contribution in [1.82, 2.24) is 15.6 Å². The molecule has 0 aliphatic heterocycles. The predicted molar refractivity (Wildman–Crippen MR) is 138 cm³/mol. The van der Waals surface area contributed by atoms with Crippen molar-refractivity contribution in [2.45, 2.75) is 32.2 Å². The molecule has 0 aliphatic rings. The Balaban J connectivity index is 1.22. The number of unbranched alkanes of at least 4 members (excludes halogenated alkanes) is 1. The van der Waals surface area contributed by atoms with E-state index in [1.165, 1.54) is 16.5 Å². The Hall–Kier alpha value is -3.57. The third kappa shape index (κ3) is 6.27. The molecule has 0 aliphatic carbocycles. The number of hydrogen-bond donors (Lipinski definition) is 3. The van der Waals surface area contributed by atoms with Gasteiger partial charge in [0.25, 0.3) is 5.91 Å². The van der Waals surface area contributed by atoms with Crippen LogP contribution < -0.4 is 15.4 Å². The minimum atomic E-state index is 0.00249. The highest BCUT2D eigenvalue weighted by Gasteiger charge is 2.10. The number of hydrogen-bond acceptors (Lipinski definition) is 3. The number of carbonyl (C=O) groups excluding carboxylic acids is 1. The number of H-pyrrole nitrogens is 1. The highest BCUT2D eigenvalue weighted by Crippen LogP contribution is 2.23. The van der Waals surface area contributed by atoms with Gasteiger partial charge in [0.1, 0.15) is 5.75 Å². The van der Waals surface area contributed by atoms with Crippen LogP contribution in [0.3, 0.4) is 0 Å². The van der Waals surface area contributed by atoms with Gasteiger partial charge >= 0.3 is 0 Å². The van der Waals surface area contributed by atoms with E-state index in [1.54, 1.807) is 7.11 Å². The molecule has 0 saturated carbocycles. The number of benzene rings is 3. The molecule has 0 saturated heterocycles. The van der Waals surface area contributed by atoms with Crippen molar-refractivity contribution in [2.75, 3.05) is 20.2 Å². The molecule has 1 aromatic heterocycles. The summed E-state index contributed by atoms with van der Waals surface area (Å²) >= 11 is 0. The number of nitrogens with one attached hydrogen (secondary N) is 3. The van der Waals surface area contributed by atoms with Crippen LogP contribution in [-0.2, 0) is 19.4 Å². The predicted octanol–water partition coefficient (Wildman–Crippen LogP) is 5.26. The van der Waals surface area contributed by atoms with Crippen LogP contribution in [0.15, 0.2) is 79.0 Å². The zero-order valence-electron chi connectivity index (χ0n) is 19.8. The van der Waals surface area contributed by atoms with Gasteiger partial charge in [-0.15, -0.1) is 0 Å². The number of rotatable bonds is 12. The first kappa shape index (κ1) is 23.6. The molecule has 5 nitrogen and oxygen atoms in total. The number of ether oxygens (including phenoxy) is 1. The molecular formula is C29H33N3O2. The van der Waals surface area contributed by atoms with Gasteiger partial charge in [-0.3, -0.25) is 4.79 Å². The van der Waals surface area contributed by atoms with Crippen molar-refractivity contribution in [3.63, 3.8) is 0 Å². The quantitative estimate of drug-likeness (QED) is 0.255. The number of carbonyl (C=O) groups is 1. The zero-order valence-corrected chi connectivity index (χ0v) is 19.8. The first-order chi connectivity index (χ1) is 16.7. The van der Waals surface area contributed by atoms with E-state index >= 15 is 0 Å². The molecule has 0 spiro atoms. The van der Waals surface area contributed by atoms with Gasteiger partial charge in [0.15, 0.2) is 0 Å². The van der Waals surface area contributed by atoms with E-state index in [9.17, 15) is 4.79 Å². The number of amides is 1. The van der Waals surface area contributed by atoms with E-state index < -0.39 is 0 Å². The van der Waals surface area contributed by atoms with E-state index in [2.05, 4.69) is 52.1 Å². The molecule has 0 fully saturated rings. The summed E-state index contributed by atoms with van der Waals surface area (Å²) in [6, 6.07) is 24.4. The number of aryl methyl sites for hydroxylation is 1. The minimum absolute atomic E-state index is 0.00249. The molecule has 3 aromatic carbocycles. The van der Waals surface area contributed by atoms with Gasteiger partial charge in [-0.05, 0) is 67.1 Å². The van der Waals surface area contributed by atoms with Gasteiger partial charge in [0.05, 0.1) is 7.11 Å². The number of methoxy groups -OCH3 is 1. The van der Waals surface area contributed by atoms with Crippen molar-refractivity contribution >= 4 is 16.8 Å². The van der Waals surface area contributed by atoms with E-state index in [0.29, 0.717) is 13.1 Å². The average Bonchev–Trinajstić information content (AvgIpc) is 3.29. The number of fused-ring (bicyclic) bond motifs is 1. The number of aromatic nitrogens is 1. The van der Waals surface area contributed by atoms with Gasteiger partial charge < -0.3 is 20.4 Å². The summed E-state index contributed by atoms with van der Waals surface area (Å²) in [5.74, 6) is 0.854. The van der Waals surface area contributed by atoms with Crippen LogP contribution in [0.1, 0.15) is 39.9 Å². The average molecular weight is 456 g/mol. The molecule has 34 heavy (non-hydrogen) atoms. The molecule has 1 heterocycles. The van der Waals surface area contributed by atoms with Crippen LogP contribution in [0.25, 0.3) is 10.9 Å². The van der Waals surface area contributed by atoms with Gasteiger partial charge in [0.2, 0.25) is 0 Å². The fourth-order valence-corrected chi connectivity index (χ4v) is 4.24. The first-order valence-electron chi connectivity index (χ1n) is 12.0. The molecule has 176 valence electrons. The molecule has 4 aromatic rings. The smallest absolute Gasteiger partial charge is 0.251 e. The summed E-state index contributed by atoms with van der Waals surface area (Å²) in [4.78, 5) is 16.1. The summed E-state index contributed by atoms with van der Waals surface area (Å²) in [6.45, 7) is 2.18. The molecule has 0 unspecified atom stereocenters. The molecule has 4 rings (SSSR count). The number of aromatic amines is 1. The Morgan fingerprint density at radius 1 is 0.882 bits per heavy atom. The molecule has 1 amide bonds. The highest BCUT2D eigenvalue weighted by molar-refractivity contribution is 5.95. The van der Waals surface area contributed by atoms with Crippen molar-refractivity contribution < 1.29 is 9.53 Å². The monoisotopic (exact) mass is 455 g/mol. The summed E-state index contributed by atoms with van der Waals surface area (Å²) in [6.07, 6.45) is 6.04. The maximum atomic E-state index is 12.8. The Labute approximate surface area is 201 Å². The van der Waals surface area contributed by atoms with Crippen LogP contribution >= 0.6 is 0 Å². The van der Waals surface area contributed by atoms with E-state index in [4.69, 9.17) is 4.74 Å². The zero-order chi connectivity index (χ0) is 23.6. The highest BCUT2D eigenvalue weighted by atomic mass is 16.5. The second kappa shape index (κ2) is 12.1. The fourth-order valence-electron chi connectivity index (χ4n) is 4.24. The molecule has 3 N–H and O–H groups in total.